The number of benzene rings is 2. The van der Waals surface area contributed by atoms with Crippen molar-refractivity contribution < 1.29 is 4.79 Å². The summed E-state index contributed by atoms with van der Waals surface area (Å²) in [4.78, 5) is 16.9. The van der Waals surface area contributed by atoms with Crippen LogP contribution in [0, 0.1) is 6.92 Å². The van der Waals surface area contributed by atoms with Crippen LogP contribution in [0.5, 0.6) is 0 Å². The van der Waals surface area contributed by atoms with Crippen LogP contribution in [0.15, 0.2) is 67.1 Å². The van der Waals surface area contributed by atoms with Crippen molar-refractivity contribution in [1.29, 1.82) is 0 Å². The monoisotopic (exact) mass is 359 g/mol. The molecule has 0 aliphatic heterocycles. The molecule has 0 spiro atoms. The highest BCUT2D eigenvalue weighted by Crippen LogP contribution is 2.20. The average molecular weight is 359 g/mol. The van der Waals surface area contributed by atoms with Crippen molar-refractivity contribution >= 4 is 16.9 Å². The standard InChI is InChI=1S/C21H21N5O/c1-15(18-12-23-26(16(18)2)17-8-4-3-5-9-17)24-21(27)13-25-14-22-19-10-6-7-11-20(19)25/h3-12,14-15H,13H2,1-2H3,(H,24,27)/t15-/m1/s1. The number of aromatic nitrogens is 4. The molecule has 6 nitrogen and oxygen atoms in total. The van der Waals surface area contributed by atoms with E-state index in [1.54, 1.807) is 6.33 Å². The Hall–Kier alpha value is -3.41. The van der Waals surface area contributed by atoms with Crippen LogP contribution in [0.25, 0.3) is 16.7 Å². The van der Waals surface area contributed by atoms with Gasteiger partial charge in [-0.1, -0.05) is 30.3 Å². The molecule has 0 bridgehead atoms. The van der Waals surface area contributed by atoms with Gasteiger partial charge in [-0.3, -0.25) is 4.79 Å². The highest BCUT2D eigenvalue weighted by atomic mass is 16.2. The number of hydrogen-bond acceptors (Lipinski definition) is 3. The molecular formula is C21H21N5O. The molecule has 0 aliphatic carbocycles. The van der Waals surface area contributed by atoms with Crippen molar-refractivity contribution in [2.45, 2.75) is 26.4 Å². The maximum Gasteiger partial charge on any atom is 0.240 e. The van der Waals surface area contributed by atoms with E-state index in [-0.39, 0.29) is 18.5 Å². The van der Waals surface area contributed by atoms with E-state index in [4.69, 9.17) is 0 Å². The van der Waals surface area contributed by atoms with Crippen molar-refractivity contribution in [3.63, 3.8) is 0 Å². The Morgan fingerprint density at radius 1 is 1.11 bits per heavy atom. The van der Waals surface area contributed by atoms with E-state index < -0.39 is 0 Å². The largest absolute Gasteiger partial charge is 0.348 e. The Morgan fingerprint density at radius 2 is 1.85 bits per heavy atom. The second-order valence-corrected chi connectivity index (χ2v) is 6.58. The van der Waals surface area contributed by atoms with Gasteiger partial charge in [0, 0.05) is 11.3 Å². The Morgan fingerprint density at radius 3 is 2.67 bits per heavy atom. The van der Waals surface area contributed by atoms with Crippen LogP contribution in [0.3, 0.4) is 0 Å². The highest BCUT2D eigenvalue weighted by molar-refractivity contribution is 5.80. The van der Waals surface area contributed by atoms with Gasteiger partial charge in [0.05, 0.1) is 35.3 Å². The lowest BCUT2D eigenvalue weighted by Crippen LogP contribution is -2.30. The number of carbonyl (C=O) groups excluding carboxylic acids is 1. The third kappa shape index (κ3) is 3.33. The fourth-order valence-corrected chi connectivity index (χ4v) is 3.33. The van der Waals surface area contributed by atoms with Gasteiger partial charge in [-0.05, 0) is 38.1 Å². The van der Waals surface area contributed by atoms with Crippen molar-refractivity contribution in [2.24, 2.45) is 0 Å². The SMILES string of the molecule is Cc1c([C@@H](C)NC(=O)Cn2cnc3ccccc32)cnn1-c1ccccc1. The molecular weight excluding hydrogens is 338 g/mol. The molecule has 4 rings (SSSR count). The summed E-state index contributed by atoms with van der Waals surface area (Å²) in [5.41, 5.74) is 4.86. The van der Waals surface area contributed by atoms with Crippen LogP contribution in [0.4, 0.5) is 0 Å². The van der Waals surface area contributed by atoms with Gasteiger partial charge in [-0.2, -0.15) is 5.10 Å². The van der Waals surface area contributed by atoms with Gasteiger partial charge in [0.25, 0.3) is 0 Å². The zero-order valence-electron chi connectivity index (χ0n) is 15.3. The fourth-order valence-electron chi connectivity index (χ4n) is 3.33. The van der Waals surface area contributed by atoms with Gasteiger partial charge in [-0.25, -0.2) is 9.67 Å². The summed E-state index contributed by atoms with van der Waals surface area (Å²) in [6.45, 7) is 4.22. The molecule has 0 fully saturated rings. The third-order valence-corrected chi connectivity index (χ3v) is 4.73. The second-order valence-electron chi connectivity index (χ2n) is 6.58. The lowest BCUT2D eigenvalue weighted by atomic mass is 10.1. The van der Waals surface area contributed by atoms with Gasteiger partial charge in [0.15, 0.2) is 0 Å². The Labute approximate surface area is 157 Å². The van der Waals surface area contributed by atoms with Gasteiger partial charge >= 0.3 is 0 Å². The Balaban J connectivity index is 1.48. The zero-order chi connectivity index (χ0) is 18.8. The van der Waals surface area contributed by atoms with Crippen LogP contribution >= 0.6 is 0 Å². The fraction of sp³-hybridized carbons (Fsp3) is 0.190. The molecule has 0 saturated carbocycles. The summed E-state index contributed by atoms with van der Waals surface area (Å²) in [7, 11) is 0. The highest BCUT2D eigenvalue weighted by Gasteiger charge is 2.17. The minimum atomic E-state index is -0.134. The van der Waals surface area contributed by atoms with Gasteiger partial charge in [0.1, 0.15) is 6.54 Å². The molecule has 4 aromatic rings. The number of imidazole rings is 1. The first-order chi connectivity index (χ1) is 13.1. The molecule has 1 amide bonds. The van der Waals surface area contributed by atoms with Crippen molar-refractivity contribution in [3.05, 3.63) is 78.4 Å². The molecule has 2 aromatic carbocycles. The summed E-state index contributed by atoms with van der Waals surface area (Å²) in [6.07, 6.45) is 3.52. The Kier molecular flexibility index (Phi) is 4.46. The number of nitrogens with one attached hydrogen (secondary N) is 1. The summed E-state index contributed by atoms with van der Waals surface area (Å²) in [6, 6.07) is 17.6. The van der Waals surface area contributed by atoms with E-state index in [1.807, 2.05) is 83.9 Å². The van der Waals surface area contributed by atoms with E-state index in [0.29, 0.717) is 0 Å². The normalized spacial score (nSPS) is 12.2. The second kappa shape index (κ2) is 7.07. The Bertz CT molecular complexity index is 1080. The minimum absolute atomic E-state index is 0.0579. The van der Waals surface area contributed by atoms with Gasteiger partial charge < -0.3 is 9.88 Å². The lowest BCUT2D eigenvalue weighted by Gasteiger charge is -2.15. The van der Waals surface area contributed by atoms with Gasteiger partial charge in [0.2, 0.25) is 5.91 Å². The molecule has 6 heteroatoms. The van der Waals surface area contributed by atoms with Crippen LogP contribution < -0.4 is 5.32 Å². The molecule has 0 radical (unpaired) electrons. The molecule has 136 valence electrons. The summed E-state index contributed by atoms with van der Waals surface area (Å²) in [5, 5.41) is 7.55. The van der Waals surface area contributed by atoms with Crippen LogP contribution in [0.1, 0.15) is 24.2 Å². The van der Waals surface area contributed by atoms with Gasteiger partial charge in [-0.15, -0.1) is 0 Å². The molecule has 27 heavy (non-hydrogen) atoms. The summed E-state index contributed by atoms with van der Waals surface area (Å²) >= 11 is 0. The summed E-state index contributed by atoms with van der Waals surface area (Å²) < 4.78 is 3.75. The quantitative estimate of drug-likeness (QED) is 0.594. The van der Waals surface area contributed by atoms with Crippen LogP contribution in [-0.4, -0.2) is 25.2 Å². The van der Waals surface area contributed by atoms with E-state index >= 15 is 0 Å². The first kappa shape index (κ1) is 17.0. The number of rotatable bonds is 5. The molecule has 2 heterocycles. The third-order valence-electron chi connectivity index (χ3n) is 4.73. The first-order valence-electron chi connectivity index (χ1n) is 8.92. The van der Waals surface area contributed by atoms with Crippen molar-refractivity contribution in [1.82, 2.24) is 24.6 Å². The van der Waals surface area contributed by atoms with Crippen LogP contribution in [-0.2, 0) is 11.3 Å². The molecule has 0 aliphatic rings. The van der Waals surface area contributed by atoms with E-state index in [9.17, 15) is 4.79 Å². The van der Waals surface area contributed by atoms with E-state index in [1.165, 1.54) is 0 Å². The number of amides is 1. The molecule has 1 atom stereocenters. The topological polar surface area (TPSA) is 64.7 Å². The molecule has 1 N–H and O–H groups in total. The van der Waals surface area contributed by atoms with Crippen molar-refractivity contribution in [3.8, 4) is 5.69 Å². The number of fused-ring (bicyclic) bond motifs is 1. The maximum atomic E-state index is 12.5. The minimum Gasteiger partial charge on any atom is -0.348 e. The smallest absolute Gasteiger partial charge is 0.240 e. The molecule has 0 saturated heterocycles. The van der Waals surface area contributed by atoms with E-state index in [2.05, 4.69) is 15.4 Å². The number of carbonyl (C=O) groups is 1. The number of nitrogens with zero attached hydrogens (tertiary/aromatic N) is 4. The first-order valence-corrected chi connectivity index (χ1v) is 8.92. The zero-order valence-corrected chi connectivity index (χ0v) is 15.3. The summed E-state index contributed by atoms with van der Waals surface area (Å²) in [5.74, 6) is -0.0579. The average Bonchev–Trinajstić information content (AvgIpc) is 3.26. The lowest BCUT2D eigenvalue weighted by molar-refractivity contribution is -0.122. The number of hydrogen-bond donors (Lipinski definition) is 1. The van der Waals surface area contributed by atoms with E-state index in [0.717, 1.165) is 28.0 Å². The van der Waals surface area contributed by atoms with Crippen molar-refractivity contribution in [2.75, 3.05) is 0 Å². The number of para-hydroxylation sites is 3. The predicted octanol–water partition coefficient (Wildman–Crippen LogP) is 3.41. The molecule has 2 aromatic heterocycles. The van der Waals surface area contributed by atoms with Crippen LogP contribution in [0.2, 0.25) is 0 Å². The maximum absolute atomic E-state index is 12.5. The predicted molar refractivity (Wildman–Crippen MR) is 105 cm³/mol. The molecule has 0 unspecified atom stereocenters.